The molecule has 0 atom stereocenters. The quantitative estimate of drug-likeness (QED) is 0.620. The molecule has 0 radical (unpaired) electrons. The summed E-state index contributed by atoms with van der Waals surface area (Å²) < 4.78 is 6.80. The number of benzene rings is 1. The fourth-order valence-corrected chi connectivity index (χ4v) is 3.01. The van der Waals surface area contributed by atoms with E-state index < -0.39 is 22.3 Å². The lowest BCUT2D eigenvalue weighted by molar-refractivity contribution is -0.384. The third kappa shape index (κ3) is 3.31. The lowest BCUT2D eigenvalue weighted by atomic mass is 9.90. The molecule has 0 saturated carbocycles. The van der Waals surface area contributed by atoms with E-state index in [1.165, 1.54) is 12.1 Å². The van der Waals surface area contributed by atoms with Gasteiger partial charge in [0.2, 0.25) is 5.91 Å². The number of hydrogen-bond acceptors (Lipinski definition) is 5. The van der Waals surface area contributed by atoms with Gasteiger partial charge < -0.3 is 19.7 Å². The van der Waals surface area contributed by atoms with Gasteiger partial charge in [0.15, 0.2) is 0 Å². The second-order valence-corrected chi connectivity index (χ2v) is 5.99. The lowest BCUT2D eigenvalue weighted by Gasteiger charge is -2.33. The Hall–Kier alpha value is -2.94. The molecule has 3 rings (SSSR count). The number of fused-ring (bicyclic) bond motifs is 1. The van der Waals surface area contributed by atoms with Crippen LogP contribution in [0.1, 0.15) is 12.8 Å². The molecule has 1 aromatic carbocycles. The van der Waals surface area contributed by atoms with E-state index >= 15 is 0 Å². The molecular formula is C16H17N3O6. The zero-order valence-electron chi connectivity index (χ0n) is 13.3. The predicted molar refractivity (Wildman–Crippen MR) is 87.2 cm³/mol. The number of carboxylic acids is 1. The van der Waals surface area contributed by atoms with Crippen LogP contribution >= 0.6 is 0 Å². The van der Waals surface area contributed by atoms with Gasteiger partial charge in [-0.3, -0.25) is 14.9 Å². The van der Waals surface area contributed by atoms with E-state index in [-0.39, 0.29) is 38.3 Å². The normalized spacial score (nSPS) is 16.5. The van der Waals surface area contributed by atoms with Crippen LogP contribution in [0, 0.1) is 10.1 Å². The molecule has 2 aromatic rings. The van der Waals surface area contributed by atoms with Crippen molar-refractivity contribution in [3.8, 4) is 0 Å². The highest BCUT2D eigenvalue weighted by molar-refractivity contribution is 5.89. The minimum atomic E-state index is -1.31. The fourth-order valence-electron chi connectivity index (χ4n) is 3.01. The van der Waals surface area contributed by atoms with E-state index in [9.17, 15) is 24.8 Å². The van der Waals surface area contributed by atoms with Crippen LogP contribution < -0.4 is 5.32 Å². The monoisotopic (exact) mass is 347 g/mol. The number of non-ortho nitro benzene ring substituents is 1. The Kier molecular flexibility index (Phi) is 4.41. The molecule has 0 bridgehead atoms. The first kappa shape index (κ1) is 16.9. The summed E-state index contributed by atoms with van der Waals surface area (Å²) in [5.41, 5.74) is -0.671. The Bertz CT molecular complexity index is 838. The topological polar surface area (TPSA) is 124 Å². The van der Waals surface area contributed by atoms with Crippen molar-refractivity contribution in [3.05, 3.63) is 40.6 Å². The number of amides is 1. The molecule has 25 heavy (non-hydrogen) atoms. The van der Waals surface area contributed by atoms with Crippen molar-refractivity contribution in [1.29, 1.82) is 0 Å². The number of carboxylic acid groups (broad SMARTS) is 1. The molecule has 1 aromatic heterocycles. The standard InChI is InChI=1S/C16H17N3O6/c20-14(17-16(15(21)22)4-7-25-8-5-16)10-18-6-3-11-9-12(19(23)24)1-2-13(11)18/h1-3,6,9H,4-5,7-8,10H2,(H,17,20)(H,21,22). The average molecular weight is 347 g/mol. The van der Waals surface area contributed by atoms with Crippen molar-refractivity contribution in [3.63, 3.8) is 0 Å². The summed E-state index contributed by atoms with van der Waals surface area (Å²) >= 11 is 0. The van der Waals surface area contributed by atoms with Crippen molar-refractivity contribution < 1.29 is 24.4 Å². The van der Waals surface area contributed by atoms with E-state index in [1.807, 2.05) is 0 Å². The maximum atomic E-state index is 12.4. The molecule has 0 aliphatic carbocycles. The molecule has 1 aliphatic rings. The summed E-state index contributed by atoms with van der Waals surface area (Å²) in [6, 6.07) is 6.05. The molecule has 0 spiro atoms. The largest absolute Gasteiger partial charge is 0.480 e. The van der Waals surface area contributed by atoms with Gasteiger partial charge in [0, 0.05) is 55.3 Å². The lowest BCUT2D eigenvalue weighted by Crippen LogP contribution is -2.58. The number of nitrogens with one attached hydrogen (secondary N) is 1. The average Bonchev–Trinajstić information content (AvgIpc) is 2.97. The van der Waals surface area contributed by atoms with Crippen molar-refractivity contribution in [2.24, 2.45) is 0 Å². The van der Waals surface area contributed by atoms with Crippen molar-refractivity contribution >= 4 is 28.5 Å². The number of nitro benzene ring substituents is 1. The van der Waals surface area contributed by atoms with Crippen LogP contribution in [0.2, 0.25) is 0 Å². The fraction of sp³-hybridized carbons (Fsp3) is 0.375. The summed E-state index contributed by atoms with van der Waals surface area (Å²) in [5, 5.41) is 23.6. The van der Waals surface area contributed by atoms with Gasteiger partial charge in [-0.1, -0.05) is 0 Å². The molecule has 1 fully saturated rings. The minimum Gasteiger partial charge on any atom is -0.480 e. The molecule has 2 N–H and O–H groups in total. The van der Waals surface area contributed by atoms with Crippen LogP contribution in [-0.2, 0) is 20.9 Å². The molecule has 1 aliphatic heterocycles. The van der Waals surface area contributed by atoms with Crippen LogP contribution in [0.4, 0.5) is 5.69 Å². The number of nitro groups is 1. The van der Waals surface area contributed by atoms with Crippen molar-refractivity contribution in [1.82, 2.24) is 9.88 Å². The first-order valence-corrected chi connectivity index (χ1v) is 7.77. The number of hydrogen-bond donors (Lipinski definition) is 2. The Morgan fingerprint density at radius 3 is 2.68 bits per heavy atom. The van der Waals surface area contributed by atoms with E-state index in [4.69, 9.17) is 4.74 Å². The number of carbonyl (C=O) groups excluding carboxylic acids is 1. The predicted octanol–water partition coefficient (Wildman–Crippen LogP) is 1.30. The zero-order chi connectivity index (χ0) is 18.0. The highest BCUT2D eigenvalue weighted by atomic mass is 16.6. The van der Waals surface area contributed by atoms with Gasteiger partial charge >= 0.3 is 5.97 Å². The van der Waals surface area contributed by atoms with Gasteiger partial charge in [-0.25, -0.2) is 4.79 Å². The molecule has 9 heteroatoms. The Balaban J connectivity index is 1.77. The van der Waals surface area contributed by atoms with Crippen LogP contribution in [-0.4, -0.2) is 45.2 Å². The third-order valence-electron chi connectivity index (χ3n) is 4.41. The smallest absolute Gasteiger partial charge is 0.329 e. The van der Waals surface area contributed by atoms with E-state index in [2.05, 4.69) is 5.32 Å². The minimum absolute atomic E-state index is 0.0262. The molecular weight excluding hydrogens is 330 g/mol. The van der Waals surface area contributed by atoms with E-state index in [1.54, 1.807) is 22.9 Å². The SMILES string of the molecule is O=C(Cn1ccc2cc([N+](=O)[O-])ccc21)NC1(C(=O)O)CCOCC1. The summed E-state index contributed by atoms with van der Waals surface area (Å²) in [5.74, 6) is -1.50. The first-order valence-electron chi connectivity index (χ1n) is 7.77. The maximum Gasteiger partial charge on any atom is 0.329 e. The summed E-state index contributed by atoms with van der Waals surface area (Å²) in [4.78, 5) is 34.3. The number of aromatic nitrogens is 1. The zero-order valence-corrected chi connectivity index (χ0v) is 13.3. The molecule has 2 heterocycles. The molecule has 1 amide bonds. The Labute approximate surface area is 142 Å². The van der Waals surface area contributed by atoms with Crippen molar-refractivity contribution in [2.45, 2.75) is 24.9 Å². The second-order valence-electron chi connectivity index (χ2n) is 5.99. The van der Waals surface area contributed by atoms with Crippen molar-refractivity contribution in [2.75, 3.05) is 13.2 Å². The number of carbonyl (C=O) groups is 2. The maximum absolute atomic E-state index is 12.4. The molecule has 132 valence electrons. The van der Waals surface area contributed by atoms with Crippen LogP contribution in [0.3, 0.4) is 0 Å². The van der Waals surface area contributed by atoms with Gasteiger partial charge in [0.25, 0.3) is 5.69 Å². The first-order chi connectivity index (χ1) is 11.9. The Morgan fingerprint density at radius 2 is 2.04 bits per heavy atom. The molecule has 1 saturated heterocycles. The third-order valence-corrected chi connectivity index (χ3v) is 4.41. The van der Waals surface area contributed by atoms with Gasteiger partial charge in [-0.2, -0.15) is 0 Å². The van der Waals surface area contributed by atoms with E-state index in [0.717, 1.165) is 0 Å². The van der Waals surface area contributed by atoms with E-state index in [0.29, 0.717) is 10.9 Å². The van der Waals surface area contributed by atoms with Gasteiger partial charge in [0.1, 0.15) is 12.1 Å². The number of nitrogens with zero attached hydrogens (tertiary/aromatic N) is 2. The highest BCUT2D eigenvalue weighted by Gasteiger charge is 2.41. The second kappa shape index (κ2) is 6.52. The Morgan fingerprint density at radius 1 is 1.32 bits per heavy atom. The van der Waals surface area contributed by atoms with Gasteiger partial charge in [-0.15, -0.1) is 0 Å². The number of ether oxygens (including phenoxy) is 1. The summed E-state index contributed by atoms with van der Waals surface area (Å²) in [7, 11) is 0. The summed E-state index contributed by atoms with van der Waals surface area (Å²) in [6.07, 6.45) is 2.07. The number of rotatable bonds is 5. The highest BCUT2D eigenvalue weighted by Crippen LogP contribution is 2.23. The number of aliphatic carboxylic acids is 1. The van der Waals surface area contributed by atoms with Crippen LogP contribution in [0.5, 0.6) is 0 Å². The van der Waals surface area contributed by atoms with Crippen LogP contribution in [0.15, 0.2) is 30.5 Å². The molecule has 0 unspecified atom stereocenters. The van der Waals surface area contributed by atoms with Crippen LogP contribution in [0.25, 0.3) is 10.9 Å². The van der Waals surface area contributed by atoms with Gasteiger partial charge in [-0.05, 0) is 12.1 Å². The summed E-state index contributed by atoms with van der Waals surface area (Å²) in [6.45, 7) is 0.489. The van der Waals surface area contributed by atoms with Gasteiger partial charge in [0.05, 0.1) is 4.92 Å². The molecule has 9 nitrogen and oxygen atoms in total.